The van der Waals surface area contributed by atoms with Crippen molar-refractivity contribution in [2.45, 2.75) is 49.8 Å². The lowest BCUT2D eigenvalue weighted by Crippen LogP contribution is -2.31. The van der Waals surface area contributed by atoms with Crippen LogP contribution in [0, 0.1) is 0 Å². The molecule has 0 aliphatic heterocycles. The number of phenolic OH excluding ortho intramolecular Hbond substituents is 1. The Morgan fingerprint density at radius 3 is 2.25 bits per heavy atom. The number of aromatic hydroxyl groups is 1. The summed E-state index contributed by atoms with van der Waals surface area (Å²) in [6.07, 6.45) is 0.443. The van der Waals surface area contributed by atoms with Gasteiger partial charge in [0.2, 0.25) is 5.91 Å². The number of sulfone groups is 1. The normalized spacial score (nSPS) is 13.2. The summed E-state index contributed by atoms with van der Waals surface area (Å²) in [6, 6.07) is 5.47. The SMILES string of the molecule is CC(C)NC(=O)CCC(C)S(=O)(=O)c1ccc(O)cc1. The van der Waals surface area contributed by atoms with E-state index in [2.05, 4.69) is 5.32 Å². The lowest BCUT2D eigenvalue weighted by molar-refractivity contribution is -0.121. The van der Waals surface area contributed by atoms with E-state index in [1.165, 1.54) is 24.3 Å². The van der Waals surface area contributed by atoms with Crippen molar-refractivity contribution in [1.29, 1.82) is 0 Å². The van der Waals surface area contributed by atoms with Crippen molar-refractivity contribution in [2.75, 3.05) is 0 Å². The first-order chi connectivity index (χ1) is 9.23. The summed E-state index contributed by atoms with van der Waals surface area (Å²) in [5.74, 6) is -0.124. The predicted octanol–water partition coefficient (Wildman–Crippen LogP) is 1.86. The molecular weight excluding hydrogens is 278 g/mol. The average molecular weight is 299 g/mol. The Morgan fingerprint density at radius 1 is 1.20 bits per heavy atom. The van der Waals surface area contributed by atoms with Gasteiger partial charge in [-0.05, 0) is 51.5 Å². The van der Waals surface area contributed by atoms with Crippen molar-refractivity contribution in [3.8, 4) is 5.75 Å². The molecule has 0 aromatic heterocycles. The van der Waals surface area contributed by atoms with Crippen LogP contribution in [0.3, 0.4) is 0 Å². The number of hydrogen-bond acceptors (Lipinski definition) is 4. The van der Waals surface area contributed by atoms with E-state index in [1.807, 2.05) is 13.8 Å². The highest BCUT2D eigenvalue weighted by Crippen LogP contribution is 2.21. The van der Waals surface area contributed by atoms with Crippen LogP contribution >= 0.6 is 0 Å². The second-order valence-electron chi connectivity index (χ2n) is 5.11. The van der Waals surface area contributed by atoms with Crippen molar-refractivity contribution in [1.82, 2.24) is 5.32 Å². The summed E-state index contributed by atoms with van der Waals surface area (Å²) in [4.78, 5) is 11.7. The highest BCUT2D eigenvalue weighted by molar-refractivity contribution is 7.92. The summed E-state index contributed by atoms with van der Waals surface area (Å²) >= 11 is 0. The van der Waals surface area contributed by atoms with Gasteiger partial charge in [-0.15, -0.1) is 0 Å². The number of rotatable bonds is 6. The first kappa shape index (κ1) is 16.5. The van der Waals surface area contributed by atoms with Crippen LogP contribution in [-0.4, -0.2) is 30.7 Å². The van der Waals surface area contributed by atoms with Gasteiger partial charge in [0.05, 0.1) is 10.1 Å². The van der Waals surface area contributed by atoms with Crippen LogP contribution in [0.4, 0.5) is 0 Å². The molecule has 112 valence electrons. The molecule has 2 N–H and O–H groups in total. The summed E-state index contributed by atoms with van der Waals surface area (Å²) in [7, 11) is -3.47. The van der Waals surface area contributed by atoms with E-state index in [4.69, 9.17) is 0 Å². The molecule has 1 aromatic rings. The summed E-state index contributed by atoms with van der Waals surface area (Å²) in [5.41, 5.74) is 0. The van der Waals surface area contributed by atoms with Crippen LogP contribution < -0.4 is 5.32 Å². The van der Waals surface area contributed by atoms with E-state index in [-0.39, 0.29) is 35.4 Å². The van der Waals surface area contributed by atoms with Gasteiger partial charge >= 0.3 is 0 Å². The average Bonchev–Trinajstić information content (AvgIpc) is 2.35. The van der Waals surface area contributed by atoms with Crippen molar-refractivity contribution in [3.63, 3.8) is 0 Å². The minimum absolute atomic E-state index is 0.0212. The molecule has 6 heteroatoms. The molecule has 1 rings (SSSR count). The van der Waals surface area contributed by atoms with E-state index in [1.54, 1.807) is 6.92 Å². The molecule has 1 aromatic carbocycles. The smallest absolute Gasteiger partial charge is 0.220 e. The van der Waals surface area contributed by atoms with Crippen molar-refractivity contribution in [3.05, 3.63) is 24.3 Å². The molecule has 0 aliphatic carbocycles. The largest absolute Gasteiger partial charge is 0.508 e. The van der Waals surface area contributed by atoms with E-state index >= 15 is 0 Å². The maximum atomic E-state index is 12.3. The van der Waals surface area contributed by atoms with Gasteiger partial charge in [0, 0.05) is 12.5 Å². The molecule has 0 aliphatic rings. The van der Waals surface area contributed by atoms with Crippen LogP contribution in [0.15, 0.2) is 29.2 Å². The fraction of sp³-hybridized carbons (Fsp3) is 0.500. The minimum Gasteiger partial charge on any atom is -0.508 e. The van der Waals surface area contributed by atoms with Crippen LogP contribution in [0.1, 0.15) is 33.6 Å². The van der Waals surface area contributed by atoms with E-state index in [9.17, 15) is 18.3 Å². The fourth-order valence-electron chi connectivity index (χ4n) is 1.75. The first-order valence-corrected chi connectivity index (χ1v) is 8.10. The highest BCUT2D eigenvalue weighted by atomic mass is 32.2. The monoisotopic (exact) mass is 299 g/mol. The van der Waals surface area contributed by atoms with Gasteiger partial charge in [-0.2, -0.15) is 0 Å². The molecule has 0 bridgehead atoms. The van der Waals surface area contributed by atoms with Gasteiger partial charge in [0.15, 0.2) is 9.84 Å². The van der Waals surface area contributed by atoms with Gasteiger partial charge in [-0.3, -0.25) is 4.79 Å². The maximum Gasteiger partial charge on any atom is 0.220 e. The van der Waals surface area contributed by atoms with Gasteiger partial charge in [-0.1, -0.05) is 0 Å². The van der Waals surface area contributed by atoms with Crippen molar-refractivity contribution < 1.29 is 18.3 Å². The number of carbonyl (C=O) groups excluding carboxylic acids is 1. The molecule has 1 unspecified atom stereocenters. The summed E-state index contributed by atoms with van der Waals surface area (Å²) in [6.45, 7) is 5.30. The van der Waals surface area contributed by atoms with E-state index in [0.717, 1.165) is 0 Å². The molecule has 5 nitrogen and oxygen atoms in total. The Kier molecular flexibility index (Phi) is 5.56. The third-order valence-electron chi connectivity index (χ3n) is 2.92. The number of hydrogen-bond donors (Lipinski definition) is 2. The Bertz CT molecular complexity index is 549. The standard InChI is InChI=1S/C14H21NO4S/c1-10(2)15-14(17)9-4-11(3)20(18,19)13-7-5-12(16)6-8-13/h5-8,10-11,16H,4,9H2,1-3H3,(H,15,17). The van der Waals surface area contributed by atoms with Crippen molar-refractivity contribution >= 4 is 15.7 Å². The molecule has 1 amide bonds. The Morgan fingerprint density at radius 2 is 1.75 bits per heavy atom. The molecule has 0 saturated heterocycles. The molecule has 0 spiro atoms. The molecular formula is C14H21NO4S. The highest BCUT2D eigenvalue weighted by Gasteiger charge is 2.23. The topological polar surface area (TPSA) is 83.5 Å². The Hall–Kier alpha value is -1.56. The van der Waals surface area contributed by atoms with Crippen LogP contribution in [0.25, 0.3) is 0 Å². The maximum absolute atomic E-state index is 12.3. The lowest BCUT2D eigenvalue weighted by atomic mass is 10.2. The fourth-order valence-corrected chi connectivity index (χ4v) is 3.16. The molecule has 0 heterocycles. The van der Waals surface area contributed by atoms with Crippen LogP contribution in [0.2, 0.25) is 0 Å². The zero-order valence-corrected chi connectivity index (χ0v) is 12.8. The first-order valence-electron chi connectivity index (χ1n) is 6.55. The van der Waals surface area contributed by atoms with Gasteiger partial charge in [0.1, 0.15) is 5.75 Å². The van der Waals surface area contributed by atoms with Crippen LogP contribution in [-0.2, 0) is 14.6 Å². The van der Waals surface area contributed by atoms with E-state index < -0.39 is 15.1 Å². The third-order valence-corrected chi connectivity index (χ3v) is 5.15. The minimum atomic E-state index is -3.47. The number of benzene rings is 1. The molecule has 0 saturated carbocycles. The second kappa shape index (κ2) is 6.74. The molecule has 20 heavy (non-hydrogen) atoms. The van der Waals surface area contributed by atoms with Crippen LogP contribution in [0.5, 0.6) is 5.75 Å². The number of carbonyl (C=O) groups is 1. The van der Waals surface area contributed by atoms with Gasteiger partial charge in [-0.25, -0.2) is 8.42 Å². The Labute approximate surface area is 119 Å². The van der Waals surface area contributed by atoms with Gasteiger partial charge in [0.25, 0.3) is 0 Å². The van der Waals surface area contributed by atoms with Gasteiger partial charge < -0.3 is 10.4 Å². The second-order valence-corrected chi connectivity index (χ2v) is 7.48. The number of phenols is 1. The molecule has 1 atom stereocenters. The zero-order chi connectivity index (χ0) is 15.3. The Balaban J connectivity index is 2.68. The number of nitrogens with one attached hydrogen (secondary N) is 1. The predicted molar refractivity (Wildman–Crippen MR) is 77.3 cm³/mol. The van der Waals surface area contributed by atoms with E-state index in [0.29, 0.717) is 0 Å². The lowest BCUT2D eigenvalue weighted by Gasteiger charge is -2.14. The third kappa shape index (κ3) is 4.52. The number of amides is 1. The quantitative estimate of drug-likeness (QED) is 0.840. The van der Waals surface area contributed by atoms with Crippen molar-refractivity contribution in [2.24, 2.45) is 0 Å². The summed E-state index contributed by atoms with van der Waals surface area (Å²) < 4.78 is 24.5. The zero-order valence-electron chi connectivity index (χ0n) is 12.0. The summed E-state index contributed by atoms with van der Waals surface area (Å²) in [5, 5.41) is 11.3. The molecule has 0 fully saturated rings. The molecule has 0 radical (unpaired) electrons.